The molecule has 0 spiro atoms. The van der Waals surface area contributed by atoms with Gasteiger partial charge in [-0.05, 0) is 37.5 Å². The van der Waals surface area contributed by atoms with Crippen molar-refractivity contribution in [2.24, 2.45) is 17.8 Å². The van der Waals surface area contributed by atoms with E-state index in [9.17, 15) is 0 Å². The molecule has 3 unspecified atom stereocenters. The van der Waals surface area contributed by atoms with Gasteiger partial charge in [0.1, 0.15) is 0 Å². The first-order valence-corrected chi connectivity index (χ1v) is 4.87. The van der Waals surface area contributed by atoms with Gasteiger partial charge in [-0.1, -0.05) is 32.4 Å². The number of allylic oxidation sites excluding steroid dienone is 2. The Morgan fingerprint density at radius 2 is 2.09 bits per heavy atom. The van der Waals surface area contributed by atoms with Crippen molar-refractivity contribution in [2.75, 3.05) is 0 Å². The van der Waals surface area contributed by atoms with Crippen molar-refractivity contribution in [2.45, 2.75) is 40.0 Å². The Morgan fingerprint density at radius 1 is 1.36 bits per heavy atom. The molecule has 0 bridgehead atoms. The Balaban J connectivity index is 2.36. The normalized spacial score (nSPS) is 34.8. The maximum absolute atomic E-state index is 2.38. The molecule has 0 heteroatoms. The van der Waals surface area contributed by atoms with Crippen LogP contribution < -0.4 is 0 Å². The highest BCUT2D eigenvalue weighted by Crippen LogP contribution is 2.35. The highest BCUT2D eigenvalue weighted by atomic mass is 14.3. The lowest BCUT2D eigenvalue weighted by atomic mass is 9.91. The lowest BCUT2D eigenvalue weighted by Crippen LogP contribution is -2.04. The topological polar surface area (TPSA) is 0 Å². The van der Waals surface area contributed by atoms with Crippen molar-refractivity contribution in [3.05, 3.63) is 12.2 Å². The summed E-state index contributed by atoms with van der Waals surface area (Å²) in [5.41, 5.74) is 0. The summed E-state index contributed by atoms with van der Waals surface area (Å²) in [6, 6.07) is 0. The molecule has 0 aliphatic heterocycles. The van der Waals surface area contributed by atoms with E-state index in [1.165, 1.54) is 19.3 Å². The number of rotatable bonds is 2. The molecular formula is C11H20. The van der Waals surface area contributed by atoms with E-state index in [-0.39, 0.29) is 0 Å². The molecule has 0 amide bonds. The molecule has 0 radical (unpaired) electrons. The van der Waals surface area contributed by atoms with E-state index in [0.717, 1.165) is 17.8 Å². The van der Waals surface area contributed by atoms with E-state index in [0.29, 0.717) is 0 Å². The third-order valence-electron chi connectivity index (χ3n) is 2.97. The van der Waals surface area contributed by atoms with Gasteiger partial charge in [-0.25, -0.2) is 0 Å². The van der Waals surface area contributed by atoms with Crippen molar-refractivity contribution in [3.63, 3.8) is 0 Å². The minimum Gasteiger partial charge on any atom is -0.0914 e. The van der Waals surface area contributed by atoms with E-state index in [2.05, 4.69) is 32.9 Å². The van der Waals surface area contributed by atoms with Crippen LogP contribution in [-0.2, 0) is 0 Å². The number of hydrogen-bond acceptors (Lipinski definition) is 0. The minimum absolute atomic E-state index is 0.810. The Bertz CT molecular complexity index is 135. The van der Waals surface area contributed by atoms with Gasteiger partial charge in [0.2, 0.25) is 0 Å². The molecular weight excluding hydrogens is 132 g/mol. The van der Waals surface area contributed by atoms with Crippen molar-refractivity contribution < 1.29 is 0 Å². The summed E-state index contributed by atoms with van der Waals surface area (Å²) in [5, 5.41) is 0. The Hall–Kier alpha value is -0.260. The third kappa shape index (κ3) is 2.36. The smallest absolute Gasteiger partial charge is 0.0234 e. The average Bonchev–Trinajstić information content (AvgIpc) is 2.36. The SMILES string of the molecule is C/C=C\C(C)C1CCC(C)C1. The highest BCUT2D eigenvalue weighted by molar-refractivity contribution is 4.89. The maximum atomic E-state index is 2.38. The van der Waals surface area contributed by atoms with Crippen molar-refractivity contribution in [3.8, 4) is 0 Å². The quantitative estimate of drug-likeness (QED) is 0.530. The van der Waals surface area contributed by atoms with Crippen LogP contribution in [0.2, 0.25) is 0 Å². The molecule has 0 aromatic rings. The fourth-order valence-electron chi connectivity index (χ4n) is 2.19. The second kappa shape index (κ2) is 3.94. The van der Waals surface area contributed by atoms with E-state index in [4.69, 9.17) is 0 Å². The van der Waals surface area contributed by atoms with Gasteiger partial charge in [-0.3, -0.25) is 0 Å². The van der Waals surface area contributed by atoms with E-state index in [1.807, 2.05) is 0 Å². The van der Waals surface area contributed by atoms with Gasteiger partial charge in [0.05, 0.1) is 0 Å². The molecule has 0 aromatic heterocycles. The van der Waals surface area contributed by atoms with Crippen LogP contribution in [0.4, 0.5) is 0 Å². The molecule has 11 heavy (non-hydrogen) atoms. The van der Waals surface area contributed by atoms with Crippen LogP contribution in [0.5, 0.6) is 0 Å². The second-order valence-electron chi connectivity index (χ2n) is 4.06. The van der Waals surface area contributed by atoms with Gasteiger partial charge < -0.3 is 0 Å². The zero-order valence-corrected chi connectivity index (χ0v) is 8.01. The van der Waals surface area contributed by atoms with E-state index < -0.39 is 0 Å². The summed E-state index contributed by atoms with van der Waals surface area (Å²) in [6.07, 6.45) is 8.89. The van der Waals surface area contributed by atoms with Gasteiger partial charge in [0.15, 0.2) is 0 Å². The standard InChI is InChI=1S/C11H20/c1-4-5-10(3)11-7-6-9(2)8-11/h4-5,9-11H,6-8H2,1-3H3/b5-4-. The van der Waals surface area contributed by atoms with Crippen LogP contribution in [0, 0.1) is 17.8 Å². The lowest BCUT2D eigenvalue weighted by Gasteiger charge is -2.14. The fraction of sp³-hybridized carbons (Fsp3) is 0.818. The predicted octanol–water partition coefficient (Wildman–Crippen LogP) is 3.63. The molecule has 0 saturated heterocycles. The molecule has 1 rings (SSSR count). The predicted molar refractivity (Wildman–Crippen MR) is 50.5 cm³/mol. The summed E-state index contributed by atoms with van der Waals surface area (Å²) in [6.45, 7) is 6.85. The van der Waals surface area contributed by atoms with Crippen LogP contribution in [0.1, 0.15) is 40.0 Å². The molecule has 0 heterocycles. The molecule has 3 atom stereocenters. The molecule has 1 aliphatic carbocycles. The first-order chi connectivity index (χ1) is 5.24. The first kappa shape index (κ1) is 8.83. The molecule has 1 saturated carbocycles. The zero-order valence-electron chi connectivity index (χ0n) is 8.01. The van der Waals surface area contributed by atoms with Crippen molar-refractivity contribution in [1.29, 1.82) is 0 Å². The maximum Gasteiger partial charge on any atom is -0.0234 e. The van der Waals surface area contributed by atoms with Crippen LogP contribution in [0.25, 0.3) is 0 Å². The van der Waals surface area contributed by atoms with Gasteiger partial charge in [0.25, 0.3) is 0 Å². The molecule has 1 aliphatic rings. The first-order valence-electron chi connectivity index (χ1n) is 4.87. The van der Waals surface area contributed by atoms with Crippen molar-refractivity contribution in [1.82, 2.24) is 0 Å². The largest absolute Gasteiger partial charge is 0.0914 e. The summed E-state index contributed by atoms with van der Waals surface area (Å²) in [5.74, 6) is 2.76. The summed E-state index contributed by atoms with van der Waals surface area (Å²) in [4.78, 5) is 0. The lowest BCUT2D eigenvalue weighted by molar-refractivity contribution is 0.418. The van der Waals surface area contributed by atoms with Gasteiger partial charge >= 0.3 is 0 Å². The summed E-state index contributed by atoms with van der Waals surface area (Å²) in [7, 11) is 0. The third-order valence-corrected chi connectivity index (χ3v) is 2.97. The minimum atomic E-state index is 0.810. The highest BCUT2D eigenvalue weighted by Gasteiger charge is 2.24. The molecule has 0 aromatic carbocycles. The number of hydrogen-bond donors (Lipinski definition) is 0. The fourth-order valence-corrected chi connectivity index (χ4v) is 2.19. The molecule has 64 valence electrons. The Kier molecular flexibility index (Phi) is 3.16. The van der Waals surface area contributed by atoms with Crippen LogP contribution in [-0.4, -0.2) is 0 Å². The van der Waals surface area contributed by atoms with Gasteiger partial charge in [-0.2, -0.15) is 0 Å². The van der Waals surface area contributed by atoms with Gasteiger partial charge in [0, 0.05) is 0 Å². The molecule has 1 fully saturated rings. The monoisotopic (exact) mass is 152 g/mol. The molecule has 0 nitrogen and oxygen atoms in total. The van der Waals surface area contributed by atoms with Crippen LogP contribution in [0.15, 0.2) is 12.2 Å². The zero-order chi connectivity index (χ0) is 8.27. The second-order valence-corrected chi connectivity index (χ2v) is 4.06. The van der Waals surface area contributed by atoms with Crippen LogP contribution >= 0.6 is 0 Å². The van der Waals surface area contributed by atoms with Gasteiger partial charge in [-0.15, -0.1) is 0 Å². The van der Waals surface area contributed by atoms with E-state index in [1.54, 1.807) is 0 Å². The van der Waals surface area contributed by atoms with E-state index >= 15 is 0 Å². The summed E-state index contributed by atoms with van der Waals surface area (Å²) < 4.78 is 0. The molecule has 0 N–H and O–H groups in total. The Labute approximate surface area is 70.7 Å². The summed E-state index contributed by atoms with van der Waals surface area (Å²) >= 11 is 0. The van der Waals surface area contributed by atoms with Crippen LogP contribution in [0.3, 0.4) is 0 Å². The Morgan fingerprint density at radius 3 is 2.55 bits per heavy atom. The average molecular weight is 152 g/mol. The van der Waals surface area contributed by atoms with Crippen molar-refractivity contribution >= 4 is 0 Å².